The summed E-state index contributed by atoms with van der Waals surface area (Å²) in [5, 5.41) is 8.48. The molecular weight excluding hydrogens is 628 g/mol. The van der Waals surface area contributed by atoms with Crippen LogP contribution in [-0.4, -0.2) is 182 Å². The summed E-state index contributed by atoms with van der Waals surface area (Å²) in [7, 11) is 0. The van der Waals surface area contributed by atoms with Crippen LogP contribution in [-0.2, 0) is 71.2 Å². The highest BCUT2D eigenvalue weighted by atomic mass is 16.6. The summed E-state index contributed by atoms with van der Waals surface area (Å²) < 4.78 is 69.7. The molecule has 0 aromatic carbocycles. The smallest absolute Gasteiger partial charge is 0.305 e. The van der Waals surface area contributed by atoms with Gasteiger partial charge in [0.05, 0.1) is 165 Å². The van der Waals surface area contributed by atoms with E-state index in [1.54, 1.807) is 0 Å². The van der Waals surface area contributed by atoms with Crippen LogP contribution in [0.5, 0.6) is 0 Å². The highest BCUT2D eigenvalue weighted by Gasteiger charge is 2.00. The summed E-state index contributed by atoms with van der Waals surface area (Å²) in [6, 6.07) is 0. The molecule has 0 aliphatic carbocycles. The van der Waals surface area contributed by atoms with E-state index in [0.717, 1.165) is 6.42 Å². The summed E-state index contributed by atoms with van der Waals surface area (Å²) in [5.74, 6) is -1.07. The lowest BCUT2D eigenvalue weighted by molar-refractivity contribution is -0.145. The maximum Gasteiger partial charge on any atom is 0.305 e. The average Bonchev–Trinajstić information content (AvgIpc) is 3.05. The monoisotopic (exact) mass is 688 g/mol. The molecule has 0 aromatic heterocycles. The van der Waals surface area contributed by atoms with Crippen molar-refractivity contribution < 1.29 is 76.3 Å². The predicted octanol–water partition coefficient (Wildman–Crippen LogP) is 1.00. The van der Waals surface area contributed by atoms with Gasteiger partial charge in [0, 0.05) is 6.42 Å². The molecule has 0 fully saturated rings. The SMILES string of the molecule is CCCC(=O)OCCOCCOCCOCCOCCOCCOCCOCCOCCOCCOCCOCCOCCC(=O)O. The van der Waals surface area contributed by atoms with Crippen LogP contribution in [0, 0.1) is 0 Å². The number of carbonyl (C=O) groups is 2. The zero-order valence-electron chi connectivity index (χ0n) is 28.4. The van der Waals surface area contributed by atoms with Crippen LogP contribution < -0.4 is 0 Å². The first kappa shape index (κ1) is 45.5. The number of ether oxygens (including phenoxy) is 13. The van der Waals surface area contributed by atoms with Crippen LogP contribution in [0.1, 0.15) is 26.2 Å². The van der Waals surface area contributed by atoms with E-state index < -0.39 is 5.97 Å². The third kappa shape index (κ3) is 42.4. The summed E-state index contributed by atoms with van der Waals surface area (Å²) in [4.78, 5) is 21.5. The van der Waals surface area contributed by atoms with Crippen molar-refractivity contribution in [3.63, 3.8) is 0 Å². The van der Waals surface area contributed by atoms with Gasteiger partial charge in [0.25, 0.3) is 0 Å². The molecule has 280 valence electrons. The molecular formula is C31H60O16. The number of hydrogen-bond acceptors (Lipinski definition) is 15. The number of carboxylic acid groups (broad SMARTS) is 1. The van der Waals surface area contributed by atoms with E-state index in [9.17, 15) is 9.59 Å². The highest BCUT2D eigenvalue weighted by Crippen LogP contribution is 1.91. The van der Waals surface area contributed by atoms with Gasteiger partial charge in [-0.25, -0.2) is 0 Å². The number of rotatable bonds is 41. The minimum Gasteiger partial charge on any atom is -0.481 e. The fourth-order valence-electron chi connectivity index (χ4n) is 3.17. The molecule has 0 aromatic rings. The second-order valence-corrected chi connectivity index (χ2v) is 9.46. The van der Waals surface area contributed by atoms with Crippen molar-refractivity contribution in [2.75, 3.05) is 165 Å². The number of aliphatic carboxylic acids is 1. The number of hydrogen-bond donors (Lipinski definition) is 1. The molecule has 0 aliphatic heterocycles. The molecule has 0 saturated carbocycles. The van der Waals surface area contributed by atoms with E-state index in [2.05, 4.69) is 0 Å². The van der Waals surface area contributed by atoms with E-state index in [1.807, 2.05) is 6.92 Å². The van der Waals surface area contributed by atoms with Gasteiger partial charge < -0.3 is 66.7 Å². The van der Waals surface area contributed by atoms with Gasteiger partial charge in [0.15, 0.2) is 0 Å². The van der Waals surface area contributed by atoms with Crippen LogP contribution in [0.15, 0.2) is 0 Å². The second kappa shape index (κ2) is 40.6. The van der Waals surface area contributed by atoms with E-state index in [4.69, 9.17) is 66.7 Å². The minimum atomic E-state index is -0.877. The van der Waals surface area contributed by atoms with Gasteiger partial charge >= 0.3 is 11.9 Å². The average molecular weight is 689 g/mol. The van der Waals surface area contributed by atoms with Crippen LogP contribution in [0.2, 0.25) is 0 Å². The highest BCUT2D eigenvalue weighted by molar-refractivity contribution is 5.69. The Morgan fingerprint density at radius 3 is 0.766 bits per heavy atom. The fourth-order valence-corrected chi connectivity index (χ4v) is 3.17. The maximum absolute atomic E-state index is 11.2. The number of carbonyl (C=O) groups excluding carboxylic acids is 1. The molecule has 0 atom stereocenters. The van der Waals surface area contributed by atoms with Crippen molar-refractivity contribution in [3.05, 3.63) is 0 Å². The van der Waals surface area contributed by atoms with Crippen LogP contribution in [0.25, 0.3) is 0 Å². The Kier molecular flexibility index (Phi) is 39.3. The van der Waals surface area contributed by atoms with E-state index in [0.29, 0.717) is 158 Å². The third-order valence-corrected chi connectivity index (χ3v) is 5.50. The minimum absolute atomic E-state index is 0.00551. The number of carboxylic acids is 1. The molecule has 0 rings (SSSR count). The summed E-state index contributed by atoms with van der Waals surface area (Å²) >= 11 is 0. The van der Waals surface area contributed by atoms with Crippen molar-refractivity contribution in [2.45, 2.75) is 26.2 Å². The second-order valence-electron chi connectivity index (χ2n) is 9.46. The van der Waals surface area contributed by atoms with E-state index in [1.165, 1.54) is 0 Å². The molecule has 0 heterocycles. The van der Waals surface area contributed by atoms with Gasteiger partial charge in [0.1, 0.15) is 6.61 Å². The predicted molar refractivity (Wildman–Crippen MR) is 168 cm³/mol. The topological polar surface area (TPSA) is 174 Å². The lowest BCUT2D eigenvalue weighted by Crippen LogP contribution is -2.15. The van der Waals surface area contributed by atoms with Crippen molar-refractivity contribution in [2.24, 2.45) is 0 Å². The van der Waals surface area contributed by atoms with Crippen molar-refractivity contribution in [1.82, 2.24) is 0 Å². The lowest BCUT2D eigenvalue weighted by Gasteiger charge is -2.09. The first-order valence-electron chi connectivity index (χ1n) is 16.5. The Labute approximate surface area is 279 Å². The number of esters is 1. The molecule has 0 radical (unpaired) electrons. The Bertz CT molecular complexity index is 643. The molecule has 0 aliphatic rings. The normalized spacial score (nSPS) is 11.3. The van der Waals surface area contributed by atoms with Crippen molar-refractivity contribution in [3.8, 4) is 0 Å². The largest absolute Gasteiger partial charge is 0.481 e. The Morgan fingerprint density at radius 2 is 0.553 bits per heavy atom. The van der Waals surface area contributed by atoms with Gasteiger partial charge in [-0.3, -0.25) is 9.59 Å². The summed E-state index contributed by atoms with van der Waals surface area (Å²) in [6.07, 6.45) is 1.21. The zero-order valence-corrected chi connectivity index (χ0v) is 28.4. The standard InChI is InChI=1S/C31H60O16/c1-2-3-31(34)47-29-28-46-27-26-45-25-24-44-23-22-43-21-20-42-19-18-41-17-16-40-15-14-39-13-12-38-11-10-37-9-8-36-7-6-35-5-4-30(32)33/h2-29H2,1H3,(H,32,33). The van der Waals surface area contributed by atoms with Crippen molar-refractivity contribution in [1.29, 1.82) is 0 Å². The van der Waals surface area contributed by atoms with Crippen LogP contribution >= 0.6 is 0 Å². The van der Waals surface area contributed by atoms with Gasteiger partial charge in [-0.15, -0.1) is 0 Å². The molecule has 0 spiro atoms. The fraction of sp³-hybridized carbons (Fsp3) is 0.935. The molecule has 0 bridgehead atoms. The lowest BCUT2D eigenvalue weighted by atomic mass is 10.3. The molecule has 16 nitrogen and oxygen atoms in total. The maximum atomic E-state index is 11.2. The third-order valence-electron chi connectivity index (χ3n) is 5.50. The Balaban J connectivity index is 3.06. The van der Waals surface area contributed by atoms with Gasteiger partial charge in [0.2, 0.25) is 0 Å². The molecule has 0 saturated heterocycles. The molecule has 0 unspecified atom stereocenters. The van der Waals surface area contributed by atoms with Crippen LogP contribution in [0.4, 0.5) is 0 Å². The van der Waals surface area contributed by atoms with Gasteiger partial charge in [-0.2, -0.15) is 0 Å². The quantitative estimate of drug-likeness (QED) is 0.0711. The van der Waals surface area contributed by atoms with Crippen molar-refractivity contribution >= 4 is 11.9 Å². The first-order valence-corrected chi connectivity index (χ1v) is 16.5. The zero-order chi connectivity index (χ0) is 34.1. The van der Waals surface area contributed by atoms with Crippen LogP contribution in [0.3, 0.4) is 0 Å². The molecule has 16 heteroatoms. The van der Waals surface area contributed by atoms with E-state index in [-0.39, 0.29) is 25.6 Å². The Morgan fingerprint density at radius 1 is 0.340 bits per heavy atom. The molecule has 0 amide bonds. The first-order chi connectivity index (χ1) is 23.2. The molecule has 1 N–H and O–H groups in total. The van der Waals surface area contributed by atoms with Gasteiger partial charge in [-0.05, 0) is 6.42 Å². The summed E-state index contributed by atoms with van der Waals surface area (Å²) in [5.41, 5.74) is 0. The van der Waals surface area contributed by atoms with E-state index >= 15 is 0 Å². The van der Waals surface area contributed by atoms with Gasteiger partial charge in [-0.1, -0.05) is 6.92 Å². The Hall–Kier alpha value is -1.54. The molecule has 47 heavy (non-hydrogen) atoms. The summed E-state index contributed by atoms with van der Waals surface area (Å²) in [6.45, 7) is 13.0.